The lowest BCUT2D eigenvalue weighted by Crippen LogP contribution is -2.61. The van der Waals surface area contributed by atoms with Crippen molar-refractivity contribution in [3.8, 4) is 0 Å². The summed E-state index contributed by atoms with van der Waals surface area (Å²) in [6.07, 6.45) is 3.17. The van der Waals surface area contributed by atoms with Gasteiger partial charge in [-0.3, -0.25) is 9.78 Å². The number of nitrogens with one attached hydrogen (secondary N) is 1. The summed E-state index contributed by atoms with van der Waals surface area (Å²) in [5, 5.41) is 2.74. The average Bonchev–Trinajstić information content (AvgIpc) is 2.88. The molecule has 1 fully saturated rings. The van der Waals surface area contributed by atoms with E-state index in [1.54, 1.807) is 60.9 Å². The second kappa shape index (κ2) is 10.0. The number of hydrogen-bond acceptors (Lipinski definition) is 6. The number of carbonyl (C=O) groups is 1. The fourth-order valence-electron chi connectivity index (χ4n) is 3.74. The number of nitrogens with zero attached hydrogens (tertiary/aromatic N) is 3. The number of hydrogen-bond donors (Lipinski definition) is 1. The third-order valence-corrected chi connectivity index (χ3v) is 9.35. The molecule has 11 heteroatoms. The van der Waals surface area contributed by atoms with E-state index in [0.29, 0.717) is 0 Å². The SMILES string of the molecule is O=C(NCc1ccncc1)[C@@H]1CN(S(=O)(=O)c2ccccc2)CCN1S(=O)(=O)c1ccccc1. The van der Waals surface area contributed by atoms with Gasteiger partial charge in [0, 0.05) is 38.6 Å². The number of rotatable bonds is 7. The van der Waals surface area contributed by atoms with Crippen LogP contribution in [0.4, 0.5) is 0 Å². The van der Waals surface area contributed by atoms with Crippen molar-refractivity contribution in [2.24, 2.45) is 0 Å². The maximum absolute atomic E-state index is 13.4. The summed E-state index contributed by atoms with van der Waals surface area (Å²) in [6.45, 7) is -0.373. The van der Waals surface area contributed by atoms with Gasteiger partial charge in [-0.25, -0.2) is 16.8 Å². The largest absolute Gasteiger partial charge is 0.351 e. The first-order valence-electron chi connectivity index (χ1n) is 10.6. The molecule has 34 heavy (non-hydrogen) atoms. The molecule has 1 aliphatic rings. The van der Waals surface area contributed by atoms with Crippen molar-refractivity contribution in [1.29, 1.82) is 0 Å². The molecule has 2 heterocycles. The molecule has 3 aromatic rings. The van der Waals surface area contributed by atoms with E-state index in [1.165, 1.54) is 24.3 Å². The number of pyridine rings is 1. The molecule has 1 aromatic heterocycles. The molecule has 2 aromatic carbocycles. The molecule has 4 rings (SSSR count). The van der Waals surface area contributed by atoms with Gasteiger partial charge in [-0.2, -0.15) is 8.61 Å². The third kappa shape index (κ3) is 5.02. The molecule has 178 valence electrons. The number of carbonyl (C=O) groups excluding carboxylic acids is 1. The van der Waals surface area contributed by atoms with Crippen LogP contribution in [0.15, 0.2) is 95.0 Å². The predicted molar refractivity (Wildman–Crippen MR) is 125 cm³/mol. The molecule has 9 nitrogen and oxygen atoms in total. The molecule has 0 bridgehead atoms. The summed E-state index contributed by atoms with van der Waals surface area (Å²) in [5.41, 5.74) is 0.783. The zero-order valence-electron chi connectivity index (χ0n) is 18.2. The molecule has 0 radical (unpaired) electrons. The minimum atomic E-state index is -4.03. The first-order chi connectivity index (χ1) is 16.3. The molecule has 1 amide bonds. The van der Waals surface area contributed by atoms with Gasteiger partial charge in [0.2, 0.25) is 26.0 Å². The molecule has 0 unspecified atom stereocenters. The average molecular weight is 501 g/mol. The van der Waals surface area contributed by atoms with Crippen LogP contribution in [-0.2, 0) is 31.4 Å². The van der Waals surface area contributed by atoms with Gasteiger partial charge in [0.15, 0.2) is 0 Å². The maximum Gasteiger partial charge on any atom is 0.243 e. The van der Waals surface area contributed by atoms with Crippen LogP contribution >= 0.6 is 0 Å². The molecular formula is C23H24N4O5S2. The van der Waals surface area contributed by atoms with Crippen molar-refractivity contribution in [1.82, 2.24) is 18.9 Å². The Balaban J connectivity index is 1.63. The second-order valence-corrected chi connectivity index (χ2v) is 11.5. The van der Waals surface area contributed by atoms with Crippen LogP contribution in [0.25, 0.3) is 0 Å². The predicted octanol–water partition coefficient (Wildman–Crippen LogP) is 1.46. The molecule has 1 aliphatic heterocycles. The zero-order chi connectivity index (χ0) is 24.2. The Morgan fingerprint density at radius 2 is 1.38 bits per heavy atom. The van der Waals surface area contributed by atoms with Crippen molar-refractivity contribution in [2.45, 2.75) is 22.4 Å². The Morgan fingerprint density at radius 3 is 1.97 bits per heavy atom. The Morgan fingerprint density at radius 1 is 0.824 bits per heavy atom. The van der Waals surface area contributed by atoms with Crippen LogP contribution in [0.5, 0.6) is 0 Å². The van der Waals surface area contributed by atoms with Gasteiger partial charge in [-0.15, -0.1) is 0 Å². The highest BCUT2D eigenvalue weighted by Crippen LogP contribution is 2.25. The fraction of sp³-hybridized carbons (Fsp3) is 0.217. The fourth-order valence-corrected chi connectivity index (χ4v) is 6.79. The monoisotopic (exact) mass is 500 g/mol. The van der Waals surface area contributed by atoms with Crippen LogP contribution < -0.4 is 5.32 Å². The van der Waals surface area contributed by atoms with Crippen LogP contribution in [0.1, 0.15) is 5.56 Å². The summed E-state index contributed by atoms with van der Waals surface area (Å²) < 4.78 is 55.4. The lowest BCUT2D eigenvalue weighted by Gasteiger charge is -2.38. The summed E-state index contributed by atoms with van der Waals surface area (Å²) in [4.78, 5) is 17.3. The van der Waals surface area contributed by atoms with E-state index in [0.717, 1.165) is 14.2 Å². The van der Waals surface area contributed by atoms with Crippen molar-refractivity contribution in [3.63, 3.8) is 0 Å². The van der Waals surface area contributed by atoms with E-state index in [2.05, 4.69) is 10.3 Å². The van der Waals surface area contributed by atoms with Gasteiger partial charge in [0.05, 0.1) is 9.79 Å². The first-order valence-corrected chi connectivity index (χ1v) is 13.5. The lowest BCUT2D eigenvalue weighted by molar-refractivity contribution is -0.126. The molecule has 0 saturated carbocycles. The number of benzene rings is 2. The number of amides is 1. The summed E-state index contributed by atoms with van der Waals surface area (Å²) >= 11 is 0. The van der Waals surface area contributed by atoms with Crippen molar-refractivity contribution >= 4 is 26.0 Å². The highest BCUT2D eigenvalue weighted by Gasteiger charge is 2.43. The normalized spacial score (nSPS) is 17.8. The van der Waals surface area contributed by atoms with Crippen molar-refractivity contribution < 1.29 is 21.6 Å². The lowest BCUT2D eigenvalue weighted by atomic mass is 10.2. The summed E-state index contributed by atoms with van der Waals surface area (Å²) in [6, 6.07) is 17.9. The van der Waals surface area contributed by atoms with Gasteiger partial charge in [-0.1, -0.05) is 36.4 Å². The van der Waals surface area contributed by atoms with E-state index >= 15 is 0 Å². The maximum atomic E-state index is 13.4. The molecule has 1 saturated heterocycles. The van der Waals surface area contributed by atoms with Gasteiger partial charge in [0.1, 0.15) is 6.04 Å². The second-order valence-electron chi connectivity index (χ2n) is 7.69. The van der Waals surface area contributed by atoms with Gasteiger partial charge >= 0.3 is 0 Å². The van der Waals surface area contributed by atoms with E-state index in [9.17, 15) is 21.6 Å². The van der Waals surface area contributed by atoms with Crippen LogP contribution in [0.3, 0.4) is 0 Å². The number of aromatic nitrogens is 1. The first kappa shape index (κ1) is 24.0. The van der Waals surface area contributed by atoms with Crippen molar-refractivity contribution in [3.05, 3.63) is 90.8 Å². The molecule has 0 spiro atoms. The van der Waals surface area contributed by atoms with E-state index in [-0.39, 0.29) is 36.0 Å². The Labute approximate surface area is 199 Å². The van der Waals surface area contributed by atoms with Gasteiger partial charge in [0.25, 0.3) is 0 Å². The molecule has 0 aliphatic carbocycles. The Bertz CT molecular complexity index is 1340. The number of piperazine rings is 1. The third-order valence-electron chi connectivity index (χ3n) is 5.54. The van der Waals surface area contributed by atoms with Crippen LogP contribution in [0, 0.1) is 0 Å². The summed E-state index contributed by atoms with van der Waals surface area (Å²) in [5.74, 6) is -0.579. The Hall–Kier alpha value is -3.12. The molecular weight excluding hydrogens is 476 g/mol. The van der Waals surface area contributed by atoms with Crippen LogP contribution in [-0.4, -0.2) is 62.0 Å². The minimum Gasteiger partial charge on any atom is -0.351 e. The standard InChI is InChI=1S/C23H24N4O5S2/c28-23(25-17-19-11-13-24-14-12-19)22-18-26(33(29,30)20-7-3-1-4-8-20)15-16-27(22)34(31,32)21-9-5-2-6-10-21/h1-14,22H,15-18H2,(H,25,28)/t22-/m0/s1. The van der Waals surface area contributed by atoms with Crippen molar-refractivity contribution in [2.75, 3.05) is 19.6 Å². The topological polar surface area (TPSA) is 117 Å². The smallest absolute Gasteiger partial charge is 0.243 e. The van der Waals surface area contributed by atoms with Crippen LogP contribution in [0.2, 0.25) is 0 Å². The minimum absolute atomic E-state index is 0.0429. The molecule has 1 atom stereocenters. The summed E-state index contributed by atoms with van der Waals surface area (Å²) in [7, 11) is -7.94. The van der Waals surface area contributed by atoms with Gasteiger partial charge < -0.3 is 5.32 Å². The van der Waals surface area contributed by atoms with E-state index in [4.69, 9.17) is 0 Å². The Kier molecular flexibility index (Phi) is 7.08. The van der Waals surface area contributed by atoms with E-state index in [1.807, 2.05) is 0 Å². The highest BCUT2D eigenvalue weighted by atomic mass is 32.2. The molecule has 1 N–H and O–H groups in total. The van der Waals surface area contributed by atoms with Gasteiger partial charge in [-0.05, 0) is 42.0 Å². The zero-order valence-corrected chi connectivity index (χ0v) is 19.8. The van der Waals surface area contributed by atoms with E-state index < -0.39 is 32.0 Å². The highest BCUT2D eigenvalue weighted by molar-refractivity contribution is 7.89. The number of sulfonamides is 2. The quantitative estimate of drug-likeness (QED) is 0.525.